The van der Waals surface area contributed by atoms with E-state index in [1.165, 1.54) is 13.8 Å². The summed E-state index contributed by atoms with van der Waals surface area (Å²) in [5, 5.41) is 28.1. The van der Waals surface area contributed by atoms with Gasteiger partial charge < -0.3 is 24.8 Å². The molecule has 0 aromatic carbocycles. The first-order valence-corrected chi connectivity index (χ1v) is 7.57. The number of ether oxygens (including phenoxy) is 2. The summed E-state index contributed by atoms with van der Waals surface area (Å²) >= 11 is 0. The number of carboxylic acids is 2. The normalized spacial score (nSPS) is 15.5. The third kappa shape index (κ3) is 4.42. The maximum Gasteiger partial charge on any atom is 0.337 e. The van der Waals surface area contributed by atoms with Gasteiger partial charge in [0.05, 0.1) is 12.5 Å². The highest BCUT2D eigenvalue weighted by molar-refractivity contribution is 5.93. The Hall–Kier alpha value is -1.67. The minimum absolute atomic E-state index is 0.0156. The van der Waals surface area contributed by atoms with E-state index < -0.39 is 41.4 Å². The molecule has 3 N–H and O–H groups in total. The molecule has 0 saturated heterocycles. The van der Waals surface area contributed by atoms with Crippen molar-refractivity contribution in [3.8, 4) is 0 Å². The standard InChI is InChI=1S/C15H26O8/c1-5-14(6-2,13(21)22-9-10(4)16)15(12(19)20,23-7-3)8-11(17)18/h10,16H,5-9H2,1-4H3,(H,17,18)(H,19,20). The van der Waals surface area contributed by atoms with Crippen LogP contribution in [0.2, 0.25) is 0 Å². The number of aliphatic carboxylic acids is 2. The summed E-state index contributed by atoms with van der Waals surface area (Å²) in [6.07, 6.45) is -1.76. The van der Waals surface area contributed by atoms with Gasteiger partial charge in [-0.25, -0.2) is 4.79 Å². The number of hydrogen-bond donors (Lipinski definition) is 3. The fourth-order valence-corrected chi connectivity index (χ4v) is 2.77. The van der Waals surface area contributed by atoms with Gasteiger partial charge in [-0.15, -0.1) is 0 Å². The van der Waals surface area contributed by atoms with Gasteiger partial charge in [0.2, 0.25) is 0 Å². The maximum absolute atomic E-state index is 12.6. The van der Waals surface area contributed by atoms with E-state index in [1.807, 2.05) is 0 Å². The number of aliphatic hydroxyl groups is 1. The van der Waals surface area contributed by atoms with Crippen LogP contribution >= 0.6 is 0 Å². The van der Waals surface area contributed by atoms with Crippen molar-refractivity contribution in [2.24, 2.45) is 5.41 Å². The van der Waals surface area contributed by atoms with E-state index in [0.29, 0.717) is 0 Å². The molecular weight excluding hydrogens is 308 g/mol. The average molecular weight is 334 g/mol. The van der Waals surface area contributed by atoms with Crippen molar-refractivity contribution in [1.29, 1.82) is 0 Å². The van der Waals surface area contributed by atoms with Crippen LogP contribution in [0.5, 0.6) is 0 Å². The predicted molar refractivity (Wildman–Crippen MR) is 79.9 cm³/mol. The molecule has 0 aromatic heterocycles. The lowest BCUT2D eigenvalue weighted by Crippen LogP contribution is -2.61. The molecule has 2 atom stereocenters. The Kier molecular flexibility index (Phi) is 8.19. The highest BCUT2D eigenvalue weighted by Gasteiger charge is 2.62. The third-order valence-corrected chi connectivity index (χ3v) is 3.96. The van der Waals surface area contributed by atoms with Crippen LogP contribution in [0.15, 0.2) is 0 Å². The molecule has 8 nitrogen and oxygen atoms in total. The molecule has 0 radical (unpaired) electrons. The van der Waals surface area contributed by atoms with Crippen LogP contribution in [0.25, 0.3) is 0 Å². The Morgan fingerprint density at radius 2 is 1.61 bits per heavy atom. The first-order chi connectivity index (χ1) is 10.6. The highest BCUT2D eigenvalue weighted by Crippen LogP contribution is 2.45. The molecule has 0 aromatic rings. The largest absolute Gasteiger partial charge is 0.481 e. The second-order valence-corrected chi connectivity index (χ2v) is 5.37. The third-order valence-electron chi connectivity index (χ3n) is 3.96. The Balaban J connectivity index is 6.07. The minimum Gasteiger partial charge on any atom is -0.481 e. The van der Waals surface area contributed by atoms with E-state index >= 15 is 0 Å². The maximum atomic E-state index is 12.6. The predicted octanol–water partition coefficient (Wildman–Crippen LogP) is 1.05. The molecule has 0 bridgehead atoms. The molecule has 134 valence electrons. The number of hydrogen-bond acceptors (Lipinski definition) is 6. The highest BCUT2D eigenvalue weighted by atomic mass is 16.6. The molecular formula is C15H26O8. The van der Waals surface area contributed by atoms with E-state index in [9.17, 15) is 24.6 Å². The van der Waals surface area contributed by atoms with Crippen molar-refractivity contribution < 1.29 is 39.2 Å². The summed E-state index contributed by atoms with van der Waals surface area (Å²) in [4.78, 5) is 35.7. The van der Waals surface area contributed by atoms with Crippen molar-refractivity contribution in [1.82, 2.24) is 0 Å². The van der Waals surface area contributed by atoms with Gasteiger partial charge in [-0.05, 0) is 26.7 Å². The molecule has 0 spiro atoms. The monoisotopic (exact) mass is 334 g/mol. The fourth-order valence-electron chi connectivity index (χ4n) is 2.77. The van der Waals surface area contributed by atoms with Gasteiger partial charge in [0.15, 0.2) is 5.60 Å². The smallest absolute Gasteiger partial charge is 0.337 e. The molecule has 23 heavy (non-hydrogen) atoms. The quantitative estimate of drug-likeness (QED) is 0.478. The average Bonchev–Trinajstić information content (AvgIpc) is 2.45. The topological polar surface area (TPSA) is 130 Å². The summed E-state index contributed by atoms with van der Waals surface area (Å²) in [6, 6.07) is 0. The zero-order chi connectivity index (χ0) is 18.3. The number of esters is 1. The Bertz CT molecular complexity index is 427. The Morgan fingerprint density at radius 1 is 1.09 bits per heavy atom. The van der Waals surface area contributed by atoms with E-state index in [1.54, 1.807) is 13.8 Å². The van der Waals surface area contributed by atoms with Crippen molar-refractivity contribution in [3.63, 3.8) is 0 Å². The lowest BCUT2D eigenvalue weighted by molar-refractivity contribution is -0.209. The molecule has 0 saturated carbocycles. The van der Waals surface area contributed by atoms with Crippen LogP contribution < -0.4 is 0 Å². The van der Waals surface area contributed by atoms with E-state index in [4.69, 9.17) is 14.6 Å². The number of aliphatic hydroxyl groups excluding tert-OH is 1. The number of rotatable bonds is 11. The first kappa shape index (κ1) is 21.3. The van der Waals surface area contributed by atoms with Crippen LogP contribution in [0, 0.1) is 5.41 Å². The molecule has 0 amide bonds. The first-order valence-electron chi connectivity index (χ1n) is 7.57. The molecule has 0 heterocycles. The van der Waals surface area contributed by atoms with Gasteiger partial charge in [0, 0.05) is 6.61 Å². The van der Waals surface area contributed by atoms with Crippen molar-refractivity contribution in [3.05, 3.63) is 0 Å². The van der Waals surface area contributed by atoms with Crippen LogP contribution in [0.1, 0.15) is 47.0 Å². The summed E-state index contributed by atoms with van der Waals surface area (Å²) in [5.41, 5.74) is -3.92. The lowest BCUT2D eigenvalue weighted by Gasteiger charge is -2.43. The van der Waals surface area contributed by atoms with Gasteiger partial charge in [0.25, 0.3) is 0 Å². The molecule has 0 rings (SSSR count). The van der Waals surface area contributed by atoms with Crippen LogP contribution in [0.4, 0.5) is 0 Å². The molecule has 0 aliphatic heterocycles. The van der Waals surface area contributed by atoms with Crippen LogP contribution in [0.3, 0.4) is 0 Å². The zero-order valence-electron chi connectivity index (χ0n) is 14.0. The molecule has 0 fully saturated rings. The molecule has 8 heteroatoms. The van der Waals surface area contributed by atoms with Crippen LogP contribution in [-0.4, -0.2) is 58.1 Å². The van der Waals surface area contributed by atoms with Gasteiger partial charge in [-0.3, -0.25) is 9.59 Å². The molecule has 0 aliphatic rings. The van der Waals surface area contributed by atoms with E-state index in [0.717, 1.165) is 0 Å². The summed E-state index contributed by atoms with van der Waals surface area (Å²) in [5.74, 6) is -3.81. The van der Waals surface area contributed by atoms with Crippen LogP contribution in [-0.2, 0) is 23.9 Å². The van der Waals surface area contributed by atoms with Gasteiger partial charge in [-0.1, -0.05) is 13.8 Å². The van der Waals surface area contributed by atoms with Gasteiger partial charge >= 0.3 is 17.9 Å². The summed E-state index contributed by atoms with van der Waals surface area (Å²) in [6.45, 7) is 5.70. The van der Waals surface area contributed by atoms with Crippen molar-refractivity contribution >= 4 is 17.9 Å². The Labute approximate surface area is 135 Å². The van der Waals surface area contributed by atoms with Gasteiger partial charge in [0.1, 0.15) is 12.0 Å². The molecule has 0 aliphatic carbocycles. The zero-order valence-corrected chi connectivity index (χ0v) is 14.0. The van der Waals surface area contributed by atoms with E-state index in [2.05, 4.69) is 0 Å². The second kappa shape index (κ2) is 8.83. The lowest BCUT2D eigenvalue weighted by atomic mass is 9.66. The number of carbonyl (C=O) groups excluding carboxylic acids is 1. The minimum atomic E-state index is -2.24. The summed E-state index contributed by atoms with van der Waals surface area (Å²) < 4.78 is 10.3. The van der Waals surface area contributed by atoms with Gasteiger partial charge in [-0.2, -0.15) is 0 Å². The Morgan fingerprint density at radius 3 is 1.91 bits per heavy atom. The molecule has 2 unspecified atom stereocenters. The SMILES string of the molecule is CCOC(CC(=O)O)(C(=O)O)C(CC)(CC)C(=O)OCC(C)O. The van der Waals surface area contributed by atoms with E-state index in [-0.39, 0.29) is 26.1 Å². The summed E-state index contributed by atoms with van der Waals surface area (Å²) in [7, 11) is 0. The van der Waals surface area contributed by atoms with Crippen molar-refractivity contribution in [2.75, 3.05) is 13.2 Å². The number of carboxylic acid groups (broad SMARTS) is 2. The number of carbonyl (C=O) groups is 3. The van der Waals surface area contributed by atoms with Crippen molar-refractivity contribution in [2.45, 2.75) is 58.7 Å². The fraction of sp³-hybridized carbons (Fsp3) is 0.800. The second-order valence-electron chi connectivity index (χ2n) is 5.37.